The molecule has 2 atom stereocenters. The Morgan fingerprint density at radius 2 is 1.84 bits per heavy atom. The topological polar surface area (TPSA) is 154 Å². The van der Waals surface area contributed by atoms with E-state index in [1.165, 1.54) is 18.2 Å². The molecule has 0 radical (unpaired) electrons. The van der Waals surface area contributed by atoms with E-state index in [4.69, 9.17) is 22.1 Å². The highest BCUT2D eigenvalue weighted by molar-refractivity contribution is 6.32. The molecule has 1 aliphatic heterocycles. The first-order valence-corrected chi connectivity index (χ1v) is 13.8. The number of amides is 2. The third-order valence-electron chi connectivity index (χ3n) is 7.44. The number of ether oxygens (including phenoxy) is 1. The van der Waals surface area contributed by atoms with Gasteiger partial charge in [-0.05, 0) is 42.2 Å². The number of guanidine groups is 1. The molecule has 6 rings (SSSR count). The molecule has 4 aromatic rings. The van der Waals surface area contributed by atoms with Crippen molar-refractivity contribution in [3.8, 4) is 17.1 Å². The van der Waals surface area contributed by atoms with Crippen LogP contribution in [0.1, 0.15) is 36.1 Å². The van der Waals surface area contributed by atoms with Gasteiger partial charge in [-0.1, -0.05) is 41.9 Å². The van der Waals surface area contributed by atoms with Crippen molar-refractivity contribution in [3.63, 3.8) is 0 Å². The van der Waals surface area contributed by atoms with Crippen molar-refractivity contribution in [2.24, 2.45) is 10.7 Å². The molecule has 232 valence electrons. The Morgan fingerprint density at radius 3 is 2.47 bits per heavy atom. The monoisotopic (exact) mass is 643 g/mol. The Kier molecular flexibility index (Phi) is 7.60. The van der Waals surface area contributed by atoms with Crippen LogP contribution < -0.4 is 11.1 Å². The zero-order valence-corrected chi connectivity index (χ0v) is 23.7. The second kappa shape index (κ2) is 11.4. The van der Waals surface area contributed by atoms with Crippen LogP contribution in [0.3, 0.4) is 0 Å². The lowest BCUT2D eigenvalue weighted by atomic mass is 10.0. The number of aromatic nitrogens is 5. The molecule has 1 aliphatic carbocycles. The maximum Gasteiger partial charge on any atom is 0.411 e. The third-order valence-corrected chi connectivity index (χ3v) is 7.76. The van der Waals surface area contributed by atoms with Crippen molar-refractivity contribution in [3.05, 3.63) is 89.5 Å². The SMILES string of the molecule is NC1=N[C@H](c2ccc(-c3ncccn3)cc2)C(=O)N1[C@H](COC(=O)NC1(C(F)(F)F)CC1)c1ccc(Cl)c(-n2ncnc2F)c1. The van der Waals surface area contributed by atoms with Gasteiger partial charge in [0.15, 0.2) is 17.8 Å². The fourth-order valence-electron chi connectivity index (χ4n) is 4.89. The van der Waals surface area contributed by atoms with Gasteiger partial charge in [-0.3, -0.25) is 9.69 Å². The molecule has 17 heteroatoms. The van der Waals surface area contributed by atoms with Gasteiger partial charge in [0, 0.05) is 18.0 Å². The summed E-state index contributed by atoms with van der Waals surface area (Å²) in [7, 11) is 0. The third kappa shape index (κ3) is 5.75. The van der Waals surface area contributed by atoms with E-state index in [-0.39, 0.29) is 35.1 Å². The van der Waals surface area contributed by atoms with E-state index in [0.29, 0.717) is 17.0 Å². The number of hydrogen-bond acceptors (Lipinski definition) is 9. The molecule has 3 N–H and O–H groups in total. The fourth-order valence-corrected chi connectivity index (χ4v) is 5.08. The maximum atomic E-state index is 14.3. The van der Waals surface area contributed by atoms with Gasteiger partial charge < -0.3 is 15.8 Å². The number of alkyl carbamates (subject to hydrolysis) is 1. The van der Waals surface area contributed by atoms with Crippen molar-refractivity contribution in [1.82, 2.24) is 34.9 Å². The summed E-state index contributed by atoms with van der Waals surface area (Å²) < 4.78 is 60.6. The average molecular weight is 644 g/mol. The molecule has 0 saturated heterocycles. The van der Waals surface area contributed by atoms with Crippen LogP contribution in [0.2, 0.25) is 5.02 Å². The van der Waals surface area contributed by atoms with Crippen molar-refractivity contribution in [2.75, 3.05) is 6.61 Å². The van der Waals surface area contributed by atoms with Crippen LogP contribution in [0.4, 0.5) is 22.4 Å². The summed E-state index contributed by atoms with van der Waals surface area (Å²) in [6, 6.07) is 10.3. The molecular weight excluding hydrogens is 622 g/mol. The highest BCUT2D eigenvalue weighted by Gasteiger charge is 2.64. The number of nitrogens with one attached hydrogen (secondary N) is 1. The second-order valence-corrected chi connectivity index (χ2v) is 10.7. The molecule has 12 nitrogen and oxygen atoms in total. The zero-order chi connectivity index (χ0) is 31.9. The number of rotatable bonds is 8. The van der Waals surface area contributed by atoms with Crippen molar-refractivity contribution >= 4 is 29.6 Å². The quantitative estimate of drug-likeness (QED) is 0.270. The molecule has 0 bridgehead atoms. The van der Waals surface area contributed by atoms with Crippen LogP contribution in [0.15, 0.2) is 72.2 Å². The lowest BCUT2D eigenvalue weighted by Crippen LogP contribution is -2.49. The average Bonchev–Trinajstić information content (AvgIpc) is 3.60. The van der Waals surface area contributed by atoms with Gasteiger partial charge in [0.2, 0.25) is 0 Å². The first-order valence-electron chi connectivity index (χ1n) is 13.4. The molecular formula is C28H22ClF4N9O3. The van der Waals surface area contributed by atoms with Crippen LogP contribution >= 0.6 is 11.6 Å². The Bertz CT molecular complexity index is 1780. The Hall–Kier alpha value is -5.12. The molecule has 1 fully saturated rings. The summed E-state index contributed by atoms with van der Waals surface area (Å²) in [5, 5.41) is 5.75. The summed E-state index contributed by atoms with van der Waals surface area (Å²) in [4.78, 5) is 43.6. The van der Waals surface area contributed by atoms with Gasteiger partial charge in [-0.2, -0.15) is 32.3 Å². The molecule has 2 amide bonds. The summed E-state index contributed by atoms with van der Waals surface area (Å²) in [5.41, 5.74) is 5.30. The van der Waals surface area contributed by atoms with E-state index in [1.54, 1.807) is 42.7 Å². The first kappa shape index (κ1) is 29.9. The van der Waals surface area contributed by atoms with Crippen molar-refractivity contribution in [2.45, 2.75) is 36.6 Å². The highest BCUT2D eigenvalue weighted by Crippen LogP contribution is 2.49. The van der Waals surface area contributed by atoms with Gasteiger partial charge >= 0.3 is 18.3 Å². The van der Waals surface area contributed by atoms with Crippen LogP contribution in [0.25, 0.3) is 17.1 Å². The second-order valence-electron chi connectivity index (χ2n) is 10.3. The minimum absolute atomic E-state index is 0.0325. The van der Waals surface area contributed by atoms with E-state index in [1.807, 2.05) is 5.32 Å². The van der Waals surface area contributed by atoms with Gasteiger partial charge in [-0.25, -0.2) is 19.8 Å². The van der Waals surface area contributed by atoms with Gasteiger partial charge in [-0.15, -0.1) is 0 Å². The van der Waals surface area contributed by atoms with E-state index < -0.39 is 48.5 Å². The Labute approximate surface area is 256 Å². The van der Waals surface area contributed by atoms with E-state index in [0.717, 1.165) is 15.9 Å². The van der Waals surface area contributed by atoms with Gasteiger partial charge in [0.25, 0.3) is 5.91 Å². The number of hydrogen-bond donors (Lipinski definition) is 2. The number of nitrogens with two attached hydrogens (primary N) is 1. The number of alkyl halides is 3. The summed E-state index contributed by atoms with van der Waals surface area (Å²) in [6.07, 6.45) is -3.43. The van der Waals surface area contributed by atoms with Crippen molar-refractivity contribution in [1.29, 1.82) is 0 Å². The molecule has 2 aromatic heterocycles. The molecule has 3 heterocycles. The van der Waals surface area contributed by atoms with Crippen LogP contribution in [0, 0.1) is 6.08 Å². The van der Waals surface area contributed by atoms with Gasteiger partial charge in [0.05, 0.1) is 16.8 Å². The number of carbonyl (C=O) groups excluding carboxylic acids is 2. The number of carbonyl (C=O) groups is 2. The van der Waals surface area contributed by atoms with E-state index in [9.17, 15) is 27.2 Å². The Morgan fingerprint density at radius 1 is 1.13 bits per heavy atom. The molecule has 2 aliphatic rings. The zero-order valence-electron chi connectivity index (χ0n) is 22.9. The lowest BCUT2D eigenvalue weighted by molar-refractivity contribution is -0.164. The van der Waals surface area contributed by atoms with E-state index in [2.05, 4.69) is 25.0 Å². The first-order chi connectivity index (χ1) is 21.5. The van der Waals surface area contributed by atoms with Crippen LogP contribution in [-0.2, 0) is 9.53 Å². The maximum absolute atomic E-state index is 14.3. The number of nitrogens with zero attached hydrogens (tertiary/aromatic N) is 7. The lowest BCUT2D eigenvalue weighted by Gasteiger charge is -2.29. The summed E-state index contributed by atoms with van der Waals surface area (Å²) in [5.74, 6) is -0.378. The molecule has 2 aromatic carbocycles. The van der Waals surface area contributed by atoms with Crippen LogP contribution in [0.5, 0.6) is 0 Å². The van der Waals surface area contributed by atoms with Crippen molar-refractivity contribution < 1.29 is 31.9 Å². The standard InChI is InChI=1S/C28H22ClF4N9O3/c29-18-7-6-17(12-19(18)42-24(30)37-14-38-42)20(13-45-26(44)40-27(8-9-27)28(31,32)33)41-23(43)21(39-25(41)34)15-2-4-16(5-3-15)22-35-10-1-11-36-22/h1-7,10-12,14,20-21H,8-9,13H2,(H2,34,39)(H,40,44)/t20-,21-/m1/s1. The molecule has 0 spiro atoms. The summed E-state index contributed by atoms with van der Waals surface area (Å²) >= 11 is 6.30. The van der Waals surface area contributed by atoms with E-state index >= 15 is 0 Å². The van der Waals surface area contributed by atoms with Crippen LogP contribution in [-0.4, -0.2) is 65.9 Å². The molecule has 45 heavy (non-hydrogen) atoms. The smallest absolute Gasteiger partial charge is 0.411 e. The summed E-state index contributed by atoms with van der Waals surface area (Å²) in [6.45, 7) is -0.639. The largest absolute Gasteiger partial charge is 0.447 e. The minimum atomic E-state index is -4.67. The normalized spacial score (nSPS) is 18.0. The van der Waals surface area contributed by atoms with Gasteiger partial charge in [0.1, 0.15) is 18.5 Å². The number of halogens is 5. The fraction of sp³-hybridized carbons (Fsp3) is 0.250. The highest BCUT2D eigenvalue weighted by atomic mass is 35.5. The number of benzene rings is 2. The Balaban J connectivity index is 1.30. The molecule has 0 unspecified atom stereocenters. The minimum Gasteiger partial charge on any atom is -0.447 e. The molecule has 1 saturated carbocycles. The number of aliphatic imine (C=N–C) groups is 1. The predicted octanol–water partition coefficient (Wildman–Crippen LogP) is 4.28. The predicted molar refractivity (Wildman–Crippen MR) is 150 cm³/mol.